The minimum absolute atomic E-state index is 0.00423. The molecule has 106 valence electrons. The zero-order valence-electron chi connectivity index (χ0n) is 12.6. The van der Waals surface area contributed by atoms with Crippen LogP contribution in [0.5, 0.6) is 0 Å². The van der Waals surface area contributed by atoms with Gasteiger partial charge in [0.05, 0.1) is 12.7 Å². The highest BCUT2D eigenvalue weighted by Gasteiger charge is 2.34. The molecule has 1 heterocycles. The fraction of sp³-hybridized carbons (Fsp3) is 0.688. The lowest BCUT2D eigenvalue weighted by Crippen LogP contribution is -2.28. The van der Waals surface area contributed by atoms with Gasteiger partial charge in [-0.2, -0.15) is 0 Å². The first-order valence-electron chi connectivity index (χ1n) is 7.08. The fourth-order valence-corrected chi connectivity index (χ4v) is 3.25. The van der Waals surface area contributed by atoms with Gasteiger partial charge in [-0.05, 0) is 36.7 Å². The lowest BCUT2D eigenvalue weighted by Gasteiger charge is -2.36. The summed E-state index contributed by atoms with van der Waals surface area (Å²) in [6.45, 7) is 10.5. The van der Waals surface area contributed by atoms with Crippen molar-refractivity contribution in [2.75, 3.05) is 0 Å². The van der Waals surface area contributed by atoms with Crippen LogP contribution in [0.2, 0.25) is 0 Å². The van der Waals surface area contributed by atoms with Crippen molar-refractivity contribution < 1.29 is 10.2 Å². The van der Waals surface area contributed by atoms with E-state index in [2.05, 4.69) is 27.7 Å². The van der Waals surface area contributed by atoms with E-state index in [1.807, 2.05) is 6.92 Å². The highest BCUT2D eigenvalue weighted by Crippen LogP contribution is 2.42. The van der Waals surface area contributed by atoms with Crippen LogP contribution < -0.4 is 0 Å². The van der Waals surface area contributed by atoms with Crippen LogP contribution in [0, 0.1) is 12.3 Å². The third-order valence-corrected chi connectivity index (χ3v) is 4.16. The Morgan fingerprint density at radius 1 is 1.37 bits per heavy atom. The van der Waals surface area contributed by atoms with Crippen molar-refractivity contribution in [1.82, 2.24) is 4.98 Å². The Labute approximate surface area is 115 Å². The van der Waals surface area contributed by atoms with Crippen LogP contribution in [-0.4, -0.2) is 15.2 Å². The quantitative estimate of drug-likeness (QED) is 0.862. The third-order valence-electron chi connectivity index (χ3n) is 4.16. The van der Waals surface area contributed by atoms with Crippen LogP contribution in [0.4, 0.5) is 0 Å². The van der Waals surface area contributed by atoms with E-state index >= 15 is 0 Å². The Morgan fingerprint density at radius 2 is 2.00 bits per heavy atom. The smallest absolute Gasteiger partial charge is 0.0815 e. The van der Waals surface area contributed by atoms with Crippen molar-refractivity contribution in [3.63, 3.8) is 0 Å². The molecule has 2 N–H and O–H groups in total. The molecule has 2 rings (SSSR count). The molecule has 0 saturated carbocycles. The van der Waals surface area contributed by atoms with Crippen molar-refractivity contribution in [2.24, 2.45) is 5.41 Å². The molecule has 1 aromatic heterocycles. The highest BCUT2D eigenvalue weighted by atomic mass is 16.3. The van der Waals surface area contributed by atoms with Gasteiger partial charge in [0.1, 0.15) is 0 Å². The Hall–Kier alpha value is -0.930. The summed E-state index contributed by atoms with van der Waals surface area (Å²) in [5.41, 5.74) is 4.95. The molecule has 3 heteroatoms. The molecule has 0 amide bonds. The fourth-order valence-electron chi connectivity index (χ4n) is 3.25. The van der Waals surface area contributed by atoms with E-state index in [4.69, 9.17) is 4.98 Å². The van der Waals surface area contributed by atoms with Gasteiger partial charge < -0.3 is 10.2 Å². The largest absolute Gasteiger partial charge is 0.392 e. The molecule has 0 saturated heterocycles. The van der Waals surface area contributed by atoms with E-state index in [9.17, 15) is 10.2 Å². The summed E-state index contributed by atoms with van der Waals surface area (Å²) in [5, 5.41) is 20.0. The topological polar surface area (TPSA) is 53.4 Å². The van der Waals surface area contributed by atoms with E-state index < -0.39 is 6.10 Å². The predicted molar refractivity (Wildman–Crippen MR) is 76.0 cm³/mol. The van der Waals surface area contributed by atoms with Crippen LogP contribution in [-0.2, 0) is 13.0 Å². The van der Waals surface area contributed by atoms with Crippen molar-refractivity contribution in [3.8, 4) is 0 Å². The zero-order valence-corrected chi connectivity index (χ0v) is 12.6. The number of rotatable bonds is 2. The molecule has 1 aliphatic rings. The molecule has 1 aliphatic carbocycles. The number of hydrogen-bond acceptors (Lipinski definition) is 3. The molecule has 3 nitrogen and oxygen atoms in total. The van der Waals surface area contributed by atoms with Crippen LogP contribution in [0.25, 0.3) is 0 Å². The maximum atomic E-state index is 10.4. The van der Waals surface area contributed by atoms with E-state index in [0.717, 1.165) is 40.9 Å². The molecule has 0 radical (unpaired) electrons. The predicted octanol–water partition coefficient (Wildman–Crippen LogP) is 3.01. The van der Waals surface area contributed by atoms with E-state index in [0.29, 0.717) is 0 Å². The van der Waals surface area contributed by atoms with E-state index in [1.165, 1.54) is 0 Å². The molecule has 0 spiro atoms. The SMILES string of the molecule is Cc1c(CO)c(C(C)C)nc2c1[C@@H](O)CC(C)(C)C2. The monoisotopic (exact) mass is 263 g/mol. The summed E-state index contributed by atoms with van der Waals surface area (Å²) in [7, 11) is 0. The number of nitrogens with zero attached hydrogens (tertiary/aromatic N) is 1. The first-order valence-corrected chi connectivity index (χ1v) is 7.08. The van der Waals surface area contributed by atoms with Crippen molar-refractivity contribution in [3.05, 3.63) is 28.1 Å². The minimum atomic E-state index is -0.460. The van der Waals surface area contributed by atoms with Crippen LogP contribution in [0.3, 0.4) is 0 Å². The molecule has 1 atom stereocenters. The zero-order chi connectivity index (χ0) is 14.4. The highest BCUT2D eigenvalue weighted by molar-refractivity contribution is 5.43. The maximum absolute atomic E-state index is 10.4. The Morgan fingerprint density at radius 3 is 2.53 bits per heavy atom. The van der Waals surface area contributed by atoms with Crippen molar-refractivity contribution in [2.45, 2.75) is 66.1 Å². The van der Waals surface area contributed by atoms with Gasteiger partial charge in [0, 0.05) is 22.5 Å². The second-order valence-corrected chi connectivity index (χ2v) is 6.83. The van der Waals surface area contributed by atoms with Crippen LogP contribution in [0.1, 0.15) is 74.2 Å². The van der Waals surface area contributed by atoms with Crippen LogP contribution in [0.15, 0.2) is 0 Å². The van der Waals surface area contributed by atoms with Gasteiger partial charge >= 0.3 is 0 Å². The minimum Gasteiger partial charge on any atom is -0.392 e. The molecule has 0 unspecified atom stereocenters. The molecular weight excluding hydrogens is 238 g/mol. The number of aliphatic hydroxyl groups excluding tert-OH is 2. The van der Waals surface area contributed by atoms with Crippen molar-refractivity contribution in [1.29, 1.82) is 0 Å². The second kappa shape index (κ2) is 4.88. The maximum Gasteiger partial charge on any atom is 0.0815 e. The Bertz CT molecular complexity index is 492. The Kier molecular flexibility index (Phi) is 3.72. The van der Waals surface area contributed by atoms with E-state index in [-0.39, 0.29) is 17.9 Å². The van der Waals surface area contributed by atoms with Gasteiger partial charge in [-0.3, -0.25) is 4.98 Å². The number of pyridine rings is 1. The first kappa shape index (κ1) is 14.5. The molecule has 19 heavy (non-hydrogen) atoms. The summed E-state index contributed by atoms with van der Waals surface area (Å²) in [5.74, 6) is 0.285. The molecule has 0 aromatic carbocycles. The Balaban J connectivity index is 2.65. The molecular formula is C16H25NO2. The summed E-state index contributed by atoms with van der Waals surface area (Å²) >= 11 is 0. The lowest BCUT2D eigenvalue weighted by molar-refractivity contribution is 0.0970. The number of aromatic nitrogens is 1. The van der Waals surface area contributed by atoms with Crippen molar-refractivity contribution >= 4 is 0 Å². The summed E-state index contributed by atoms with van der Waals surface area (Å²) in [6, 6.07) is 0. The van der Waals surface area contributed by atoms with E-state index in [1.54, 1.807) is 0 Å². The number of aliphatic hydroxyl groups is 2. The number of hydrogen-bond donors (Lipinski definition) is 2. The molecule has 0 fully saturated rings. The number of fused-ring (bicyclic) bond motifs is 1. The van der Waals surface area contributed by atoms with Crippen LogP contribution >= 0.6 is 0 Å². The van der Waals surface area contributed by atoms with Gasteiger partial charge in [-0.1, -0.05) is 27.7 Å². The standard InChI is InChI=1S/C16H25NO2/c1-9(2)15-11(8-18)10(3)14-12(17-15)6-16(4,5)7-13(14)19/h9,13,18-19H,6-8H2,1-5H3/t13-/m0/s1. The van der Waals surface area contributed by atoms with Gasteiger partial charge in [0.25, 0.3) is 0 Å². The summed E-state index contributed by atoms with van der Waals surface area (Å²) < 4.78 is 0. The molecule has 0 bridgehead atoms. The van der Waals surface area contributed by atoms with Gasteiger partial charge in [-0.25, -0.2) is 0 Å². The summed E-state index contributed by atoms with van der Waals surface area (Å²) in [4.78, 5) is 4.77. The van der Waals surface area contributed by atoms with Gasteiger partial charge in [0.15, 0.2) is 0 Å². The van der Waals surface area contributed by atoms with Gasteiger partial charge in [-0.15, -0.1) is 0 Å². The molecule has 1 aromatic rings. The molecule has 0 aliphatic heterocycles. The third kappa shape index (κ3) is 2.54. The summed E-state index contributed by atoms with van der Waals surface area (Å²) in [6.07, 6.45) is 1.19. The van der Waals surface area contributed by atoms with Gasteiger partial charge in [0.2, 0.25) is 0 Å². The lowest BCUT2D eigenvalue weighted by atomic mass is 9.73. The first-order chi connectivity index (χ1) is 8.76. The average molecular weight is 263 g/mol. The average Bonchev–Trinajstić information content (AvgIpc) is 2.25. The second-order valence-electron chi connectivity index (χ2n) is 6.83. The normalized spacial score (nSPS) is 21.6.